The van der Waals surface area contributed by atoms with E-state index in [1.54, 1.807) is 25.3 Å². The summed E-state index contributed by atoms with van der Waals surface area (Å²) in [5.74, 6) is 0.605. The number of nitrogen functional groups attached to an aromatic ring is 1. The first-order valence-corrected chi connectivity index (χ1v) is 6.72. The molecule has 6 nitrogen and oxygen atoms in total. The maximum atomic E-state index is 12.0. The van der Waals surface area contributed by atoms with Gasteiger partial charge in [0, 0.05) is 25.8 Å². The molecular weight excluding hydrogens is 258 g/mol. The second-order valence-electron chi connectivity index (χ2n) is 4.74. The van der Waals surface area contributed by atoms with Gasteiger partial charge in [-0.2, -0.15) is 0 Å². The van der Waals surface area contributed by atoms with Crippen LogP contribution in [0, 0.1) is 0 Å². The molecule has 1 heterocycles. The summed E-state index contributed by atoms with van der Waals surface area (Å²) in [5.41, 5.74) is 6.99. The highest BCUT2D eigenvalue weighted by atomic mass is 16.5. The van der Waals surface area contributed by atoms with Gasteiger partial charge in [0.15, 0.2) is 0 Å². The molecule has 110 valence electrons. The number of nitrogens with one attached hydrogen (secondary N) is 1. The predicted molar refractivity (Wildman–Crippen MR) is 77.9 cm³/mol. The normalized spacial score (nSPS) is 16.4. The minimum absolute atomic E-state index is 0.0660. The summed E-state index contributed by atoms with van der Waals surface area (Å²) < 4.78 is 10.4. The third-order valence-corrected chi connectivity index (χ3v) is 3.21. The second kappa shape index (κ2) is 7.12. The van der Waals surface area contributed by atoms with E-state index in [9.17, 15) is 4.79 Å². The number of ether oxygens (including phenoxy) is 2. The van der Waals surface area contributed by atoms with Gasteiger partial charge in [-0.05, 0) is 18.6 Å². The minimum Gasteiger partial charge on any atom is -0.497 e. The molecule has 0 saturated carbocycles. The van der Waals surface area contributed by atoms with Gasteiger partial charge < -0.3 is 20.5 Å². The lowest BCUT2D eigenvalue weighted by Gasteiger charge is -2.18. The van der Waals surface area contributed by atoms with Crippen LogP contribution in [0.15, 0.2) is 18.2 Å². The first-order valence-electron chi connectivity index (χ1n) is 6.72. The number of nitrogens with two attached hydrogens (primary N) is 1. The van der Waals surface area contributed by atoms with Crippen LogP contribution in [-0.4, -0.2) is 50.8 Å². The molecule has 2 rings (SSSR count). The number of carbonyl (C=O) groups is 1. The van der Waals surface area contributed by atoms with Crippen molar-refractivity contribution in [3.8, 4) is 5.75 Å². The first-order chi connectivity index (χ1) is 9.69. The van der Waals surface area contributed by atoms with E-state index in [0.717, 1.165) is 26.1 Å². The van der Waals surface area contributed by atoms with E-state index in [2.05, 4.69) is 10.2 Å². The van der Waals surface area contributed by atoms with E-state index in [-0.39, 0.29) is 5.91 Å². The molecule has 1 aliphatic heterocycles. The number of hydrogen-bond donors (Lipinski definition) is 2. The maximum absolute atomic E-state index is 12.0. The Kier molecular flexibility index (Phi) is 5.20. The number of hydrogen-bond acceptors (Lipinski definition) is 5. The Hall–Kier alpha value is -1.79. The number of methoxy groups -OCH3 is 1. The van der Waals surface area contributed by atoms with E-state index >= 15 is 0 Å². The molecule has 1 fully saturated rings. The molecule has 1 saturated heterocycles. The summed E-state index contributed by atoms with van der Waals surface area (Å²) in [6.07, 6.45) is 0.956. The molecular formula is C14H21N3O3. The fourth-order valence-corrected chi connectivity index (χ4v) is 2.13. The smallest absolute Gasteiger partial charge is 0.238 e. The number of nitrogens with zero attached hydrogens (tertiary/aromatic N) is 1. The Morgan fingerprint density at radius 3 is 3.05 bits per heavy atom. The number of anilines is 2. The average Bonchev–Trinajstić information content (AvgIpc) is 2.69. The standard InChI is InChI=1S/C14H21N3O3/c1-19-11-3-4-13(12(15)9-11)16-14(18)10-17-5-2-7-20-8-6-17/h3-4,9H,2,5-8,10,15H2,1H3,(H,16,18). The van der Waals surface area contributed by atoms with Gasteiger partial charge in [-0.3, -0.25) is 9.69 Å². The predicted octanol–water partition coefficient (Wildman–Crippen LogP) is 0.938. The molecule has 20 heavy (non-hydrogen) atoms. The van der Waals surface area contributed by atoms with Gasteiger partial charge in [0.1, 0.15) is 5.75 Å². The Labute approximate surface area is 118 Å². The Morgan fingerprint density at radius 2 is 2.30 bits per heavy atom. The molecule has 1 aliphatic rings. The molecule has 1 amide bonds. The van der Waals surface area contributed by atoms with E-state index in [0.29, 0.717) is 30.3 Å². The largest absolute Gasteiger partial charge is 0.497 e. The fraction of sp³-hybridized carbons (Fsp3) is 0.500. The SMILES string of the molecule is COc1ccc(NC(=O)CN2CCCOCC2)c(N)c1. The third-order valence-electron chi connectivity index (χ3n) is 3.21. The fourth-order valence-electron chi connectivity index (χ4n) is 2.13. The zero-order valence-corrected chi connectivity index (χ0v) is 11.7. The Morgan fingerprint density at radius 1 is 1.45 bits per heavy atom. The highest BCUT2D eigenvalue weighted by molar-refractivity contribution is 5.95. The van der Waals surface area contributed by atoms with Gasteiger partial charge >= 0.3 is 0 Å². The molecule has 0 unspecified atom stereocenters. The van der Waals surface area contributed by atoms with Gasteiger partial charge in [-0.1, -0.05) is 0 Å². The lowest BCUT2D eigenvalue weighted by Crippen LogP contribution is -2.35. The van der Waals surface area contributed by atoms with Gasteiger partial charge in [0.2, 0.25) is 5.91 Å². The van der Waals surface area contributed by atoms with E-state index in [1.807, 2.05) is 0 Å². The number of rotatable bonds is 4. The minimum atomic E-state index is -0.0660. The highest BCUT2D eigenvalue weighted by Gasteiger charge is 2.14. The number of amides is 1. The van der Waals surface area contributed by atoms with E-state index < -0.39 is 0 Å². The first kappa shape index (κ1) is 14.6. The lowest BCUT2D eigenvalue weighted by atomic mass is 10.2. The molecule has 0 bridgehead atoms. The van der Waals surface area contributed by atoms with E-state index in [1.165, 1.54) is 0 Å². The third kappa shape index (κ3) is 4.11. The highest BCUT2D eigenvalue weighted by Crippen LogP contribution is 2.23. The van der Waals surface area contributed by atoms with Crippen LogP contribution in [0.1, 0.15) is 6.42 Å². The molecule has 0 spiro atoms. The van der Waals surface area contributed by atoms with Crippen molar-refractivity contribution in [2.24, 2.45) is 0 Å². The van der Waals surface area contributed by atoms with Gasteiger partial charge in [-0.25, -0.2) is 0 Å². The molecule has 1 aromatic rings. The molecule has 0 aromatic heterocycles. The van der Waals surface area contributed by atoms with Crippen molar-refractivity contribution in [2.75, 3.05) is 51.0 Å². The van der Waals surface area contributed by atoms with Crippen molar-refractivity contribution < 1.29 is 14.3 Å². The summed E-state index contributed by atoms with van der Waals surface area (Å²) in [4.78, 5) is 14.1. The van der Waals surface area contributed by atoms with Crippen LogP contribution in [0.4, 0.5) is 11.4 Å². The van der Waals surface area contributed by atoms with Gasteiger partial charge in [0.05, 0.1) is 31.6 Å². The molecule has 0 radical (unpaired) electrons. The summed E-state index contributed by atoms with van der Waals surface area (Å²) in [7, 11) is 1.58. The van der Waals surface area contributed by atoms with Crippen molar-refractivity contribution in [2.45, 2.75) is 6.42 Å². The van der Waals surface area contributed by atoms with Crippen molar-refractivity contribution >= 4 is 17.3 Å². The van der Waals surface area contributed by atoms with Gasteiger partial charge in [0.25, 0.3) is 0 Å². The van der Waals surface area contributed by atoms with Crippen LogP contribution in [0.5, 0.6) is 5.75 Å². The van der Waals surface area contributed by atoms with Crippen LogP contribution in [0.25, 0.3) is 0 Å². The summed E-state index contributed by atoms with van der Waals surface area (Å²) in [6, 6.07) is 5.21. The van der Waals surface area contributed by atoms with Crippen LogP contribution in [0.2, 0.25) is 0 Å². The summed E-state index contributed by atoms with van der Waals surface area (Å²) in [5, 5.41) is 2.83. The van der Waals surface area contributed by atoms with Crippen LogP contribution in [-0.2, 0) is 9.53 Å². The molecule has 0 aliphatic carbocycles. The van der Waals surface area contributed by atoms with Crippen LogP contribution < -0.4 is 15.8 Å². The molecule has 3 N–H and O–H groups in total. The monoisotopic (exact) mass is 279 g/mol. The molecule has 6 heteroatoms. The lowest BCUT2D eigenvalue weighted by molar-refractivity contribution is -0.117. The van der Waals surface area contributed by atoms with Gasteiger partial charge in [-0.15, -0.1) is 0 Å². The van der Waals surface area contributed by atoms with Crippen LogP contribution >= 0.6 is 0 Å². The topological polar surface area (TPSA) is 76.8 Å². The number of carbonyl (C=O) groups excluding carboxylic acids is 1. The zero-order valence-electron chi connectivity index (χ0n) is 11.7. The second-order valence-corrected chi connectivity index (χ2v) is 4.74. The maximum Gasteiger partial charge on any atom is 0.238 e. The summed E-state index contributed by atoms with van der Waals surface area (Å²) in [6.45, 7) is 3.47. The number of benzene rings is 1. The quantitative estimate of drug-likeness (QED) is 0.802. The van der Waals surface area contributed by atoms with Crippen molar-refractivity contribution in [3.05, 3.63) is 18.2 Å². The van der Waals surface area contributed by atoms with E-state index in [4.69, 9.17) is 15.2 Å². The van der Waals surface area contributed by atoms with Crippen molar-refractivity contribution in [3.63, 3.8) is 0 Å². The zero-order chi connectivity index (χ0) is 14.4. The van der Waals surface area contributed by atoms with Crippen molar-refractivity contribution in [1.29, 1.82) is 0 Å². The summed E-state index contributed by atoms with van der Waals surface area (Å²) >= 11 is 0. The Bertz CT molecular complexity index is 457. The van der Waals surface area contributed by atoms with Crippen LogP contribution in [0.3, 0.4) is 0 Å². The van der Waals surface area contributed by atoms with Crippen molar-refractivity contribution in [1.82, 2.24) is 4.90 Å². The Balaban J connectivity index is 1.90. The average molecular weight is 279 g/mol. The molecule has 0 atom stereocenters. The molecule has 1 aromatic carbocycles.